The first-order chi connectivity index (χ1) is 9.53. The summed E-state index contributed by atoms with van der Waals surface area (Å²) in [5.41, 5.74) is 1.07. The summed E-state index contributed by atoms with van der Waals surface area (Å²) in [5, 5.41) is 15.6. The van der Waals surface area contributed by atoms with Crippen molar-refractivity contribution in [3.05, 3.63) is 29.3 Å². The maximum atomic E-state index is 12.2. The Bertz CT molecular complexity index is 761. The Labute approximate surface area is 119 Å². The van der Waals surface area contributed by atoms with Gasteiger partial charge in [0.05, 0.1) is 4.90 Å². The molecule has 0 saturated heterocycles. The normalized spacial score (nSPS) is 10.7. The zero-order valence-corrected chi connectivity index (χ0v) is 12.0. The molecule has 104 valence electrons. The lowest BCUT2D eigenvalue weighted by Gasteiger charge is -2.08. The van der Waals surface area contributed by atoms with Gasteiger partial charge in [0.2, 0.25) is 5.13 Å². The molecule has 0 saturated carbocycles. The second-order valence-electron chi connectivity index (χ2n) is 3.71. The molecule has 0 aliphatic heterocycles. The molecular formula is C11H10N4O3S2. The van der Waals surface area contributed by atoms with Crippen LogP contribution in [0.5, 0.6) is 0 Å². The standard InChI is InChI=1S/C11H10N4O3S2/c1-8-4-5-9(3-2-6-16)7-10(8)20(17,18)13-11-12-14-15-19-11/h4-5,7,16H,6H2,1H3,(H,12,13,15). The van der Waals surface area contributed by atoms with Crippen molar-refractivity contribution < 1.29 is 13.5 Å². The van der Waals surface area contributed by atoms with Gasteiger partial charge in [-0.15, -0.1) is 0 Å². The Hall–Kier alpha value is -2.02. The molecule has 1 heterocycles. The predicted molar refractivity (Wildman–Crippen MR) is 73.7 cm³/mol. The summed E-state index contributed by atoms with van der Waals surface area (Å²) in [6, 6.07) is 4.77. The molecule has 2 rings (SSSR count). The van der Waals surface area contributed by atoms with E-state index in [1.807, 2.05) is 0 Å². The molecule has 0 radical (unpaired) electrons. The molecule has 0 fully saturated rings. The highest BCUT2D eigenvalue weighted by Gasteiger charge is 2.19. The topological polar surface area (TPSA) is 105 Å². The van der Waals surface area contributed by atoms with E-state index in [1.54, 1.807) is 19.1 Å². The van der Waals surface area contributed by atoms with E-state index in [9.17, 15) is 8.42 Å². The zero-order chi connectivity index (χ0) is 14.6. The Morgan fingerprint density at radius 1 is 1.45 bits per heavy atom. The van der Waals surface area contributed by atoms with Crippen molar-refractivity contribution in [2.24, 2.45) is 0 Å². The van der Waals surface area contributed by atoms with Gasteiger partial charge >= 0.3 is 0 Å². The third-order valence-corrected chi connectivity index (χ3v) is 4.43. The summed E-state index contributed by atoms with van der Waals surface area (Å²) in [5.74, 6) is 5.13. The predicted octanol–water partition coefficient (Wildman–Crippen LogP) is 0.386. The van der Waals surface area contributed by atoms with Crippen LogP contribution in [0.15, 0.2) is 23.1 Å². The molecule has 0 amide bonds. The summed E-state index contributed by atoms with van der Waals surface area (Å²) in [6.07, 6.45) is 0. The average Bonchev–Trinajstić information content (AvgIpc) is 2.89. The van der Waals surface area contributed by atoms with Gasteiger partial charge in [0.1, 0.15) is 6.61 Å². The minimum atomic E-state index is -3.77. The van der Waals surface area contributed by atoms with Crippen molar-refractivity contribution in [2.75, 3.05) is 11.3 Å². The van der Waals surface area contributed by atoms with Gasteiger partial charge in [-0.3, -0.25) is 4.72 Å². The number of benzene rings is 1. The molecule has 0 aliphatic rings. The zero-order valence-electron chi connectivity index (χ0n) is 10.4. The van der Waals surface area contributed by atoms with Crippen molar-refractivity contribution in [3.63, 3.8) is 0 Å². The summed E-state index contributed by atoms with van der Waals surface area (Å²) in [7, 11) is -3.77. The monoisotopic (exact) mass is 310 g/mol. The summed E-state index contributed by atoms with van der Waals surface area (Å²) < 4.78 is 30.3. The van der Waals surface area contributed by atoms with E-state index in [1.165, 1.54) is 6.07 Å². The van der Waals surface area contributed by atoms with Crippen LogP contribution in [-0.2, 0) is 10.0 Å². The molecule has 9 heteroatoms. The highest BCUT2D eigenvalue weighted by molar-refractivity contribution is 7.93. The molecule has 2 aromatic rings. The summed E-state index contributed by atoms with van der Waals surface area (Å²) in [6.45, 7) is 1.39. The second kappa shape index (κ2) is 5.96. The maximum absolute atomic E-state index is 12.2. The third-order valence-electron chi connectivity index (χ3n) is 2.31. The Kier molecular flexibility index (Phi) is 4.29. The lowest BCUT2D eigenvalue weighted by Crippen LogP contribution is -2.14. The van der Waals surface area contributed by atoms with Gasteiger partial charge in [0, 0.05) is 17.1 Å². The van der Waals surface area contributed by atoms with Crippen molar-refractivity contribution in [2.45, 2.75) is 11.8 Å². The first-order valence-electron chi connectivity index (χ1n) is 5.41. The lowest BCUT2D eigenvalue weighted by molar-refractivity contribution is 0.350. The number of anilines is 1. The van der Waals surface area contributed by atoms with Crippen LogP contribution in [0.1, 0.15) is 11.1 Å². The van der Waals surface area contributed by atoms with E-state index < -0.39 is 10.0 Å². The van der Waals surface area contributed by atoms with Gasteiger partial charge in [-0.25, -0.2) is 8.42 Å². The number of nitrogens with zero attached hydrogens (tertiary/aromatic N) is 3. The van der Waals surface area contributed by atoms with E-state index >= 15 is 0 Å². The Morgan fingerprint density at radius 3 is 2.90 bits per heavy atom. The molecule has 0 unspecified atom stereocenters. The van der Waals surface area contributed by atoms with Crippen LogP contribution >= 0.6 is 11.5 Å². The molecule has 2 N–H and O–H groups in total. The van der Waals surface area contributed by atoms with Crippen LogP contribution in [0.4, 0.5) is 5.13 Å². The van der Waals surface area contributed by atoms with Crippen molar-refractivity contribution in [1.29, 1.82) is 0 Å². The fourth-order valence-electron chi connectivity index (χ4n) is 1.45. The molecule has 0 bridgehead atoms. The van der Waals surface area contributed by atoms with Crippen LogP contribution in [0.2, 0.25) is 0 Å². The number of rotatable bonds is 3. The van der Waals surface area contributed by atoms with Crippen LogP contribution < -0.4 is 4.72 Å². The van der Waals surface area contributed by atoms with Gasteiger partial charge in [-0.2, -0.15) is 0 Å². The quantitative estimate of drug-likeness (QED) is 0.794. The van der Waals surface area contributed by atoms with Crippen molar-refractivity contribution >= 4 is 26.7 Å². The van der Waals surface area contributed by atoms with Crippen LogP contribution in [0.3, 0.4) is 0 Å². The van der Waals surface area contributed by atoms with E-state index in [-0.39, 0.29) is 16.6 Å². The van der Waals surface area contributed by atoms with Crippen molar-refractivity contribution in [3.8, 4) is 11.8 Å². The number of aromatic nitrogens is 3. The number of hydrogen-bond acceptors (Lipinski definition) is 7. The Morgan fingerprint density at radius 2 is 2.25 bits per heavy atom. The van der Waals surface area contributed by atoms with E-state index in [0.717, 1.165) is 11.5 Å². The van der Waals surface area contributed by atoms with Crippen molar-refractivity contribution in [1.82, 2.24) is 14.8 Å². The number of aliphatic hydroxyl groups excluding tert-OH is 1. The molecule has 1 aromatic carbocycles. The van der Waals surface area contributed by atoms with Gasteiger partial charge < -0.3 is 5.11 Å². The number of aliphatic hydroxyl groups is 1. The lowest BCUT2D eigenvalue weighted by atomic mass is 10.1. The summed E-state index contributed by atoms with van der Waals surface area (Å²) >= 11 is 0.845. The molecule has 0 atom stereocenters. The SMILES string of the molecule is Cc1ccc(C#CCO)cc1S(=O)(=O)Nc1nnns1. The summed E-state index contributed by atoms with van der Waals surface area (Å²) in [4.78, 5) is 0.0949. The molecule has 7 nitrogen and oxygen atoms in total. The molecule has 0 spiro atoms. The largest absolute Gasteiger partial charge is 0.384 e. The van der Waals surface area contributed by atoms with Gasteiger partial charge in [0.15, 0.2) is 0 Å². The Balaban J connectivity index is 2.40. The second-order valence-corrected chi connectivity index (χ2v) is 6.10. The fraction of sp³-hybridized carbons (Fsp3) is 0.182. The van der Waals surface area contributed by atoms with Crippen LogP contribution in [0, 0.1) is 18.8 Å². The first kappa shape index (κ1) is 14.4. The van der Waals surface area contributed by atoms with Crippen LogP contribution in [-0.4, -0.2) is 34.9 Å². The van der Waals surface area contributed by atoms with Gasteiger partial charge in [-0.05, 0) is 29.8 Å². The van der Waals surface area contributed by atoms with E-state index in [0.29, 0.717) is 11.1 Å². The van der Waals surface area contributed by atoms with Crippen LogP contribution in [0.25, 0.3) is 0 Å². The third kappa shape index (κ3) is 3.30. The molecule has 20 heavy (non-hydrogen) atoms. The average molecular weight is 310 g/mol. The highest BCUT2D eigenvalue weighted by atomic mass is 32.2. The minimum Gasteiger partial charge on any atom is -0.384 e. The van der Waals surface area contributed by atoms with E-state index in [4.69, 9.17) is 5.11 Å². The number of nitrogens with one attached hydrogen (secondary N) is 1. The molecule has 0 aliphatic carbocycles. The molecule has 1 aromatic heterocycles. The first-order valence-corrected chi connectivity index (χ1v) is 7.67. The smallest absolute Gasteiger partial charge is 0.264 e. The fourth-order valence-corrected chi connectivity index (χ4v) is 3.31. The number of aryl methyl sites for hydroxylation is 1. The molecular weight excluding hydrogens is 300 g/mol. The number of sulfonamides is 1. The maximum Gasteiger partial charge on any atom is 0.264 e. The highest BCUT2D eigenvalue weighted by Crippen LogP contribution is 2.20. The van der Waals surface area contributed by atoms with E-state index in [2.05, 4.69) is 31.4 Å². The van der Waals surface area contributed by atoms with Gasteiger partial charge in [-0.1, -0.05) is 27.5 Å². The van der Waals surface area contributed by atoms with Gasteiger partial charge in [0.25, 0.3) is 10.0 Å². The minimum absolute atomic E-state index is 0.0937. The number of hydrogen-bond donors (Lipinski definition) is 2.